The molecule has 2 fully saturated rings. The van der Waals surface area contributed by atoms with E-state index in [0.29, 0.717) is 0 Å². The highest BCUT2D eigenvalue weighted by Crippen LogP contribution is 2.31. The third-order valence-electron chi connectivity index (χ3n) is 4.92. The van der Waals surface area contributed by atoms with Crippen molar-refractivity contribution in [3.63, 3.8) is 0 Å². The highest BCUT2D eigenvalue weighted by Gasteiger charge is 2.21. The normalized spacial score (nSPS) is 26.7. The van der Waals surface area contributed by atoms with Gasteiger partial charge >= 0.3 is 0 Å². The summed E-state index contributed by atoms with van der Waals surface area (Å²) in [6, 6.07) is 0. The van der Waals surface area contributed by atoms with Crippen molar-refractivity contribution < 1.29 is 0 Å². The predicted octanol–water partition coefficient (Wildman–Crippen LogP) is 5.51. The average Bonchev–Trinajstić information content (AvgIpc) is 2.47. The maximum absolute atomic E-state index is 2.70. The van der Waals surface area contributed by atoms with Gasteiger partial charge in [0.05, 0.1) is 0 Å². The molecule has 0 amide bonds. The lowest BCUT2D eigenvalue weighted by atomic mass is 9.91. The maximum Gasteiger partial charge on any atom is 0.0118 e. The zero-order chi connectivity index (χ0) is 13.3. The van der Waals surface area contributed by atoms with Gasteiger partial charge in [-0.25, -0.2) is 0 Å². The number of unbranched alkanes of at least 4 members (excludes halogenated alkanes) is 2. The van der Waals surface area contributed by atoms with Gasteiger partial charge in [-0.1, -0.05) is 57.4 Å². The SMILES string of the molecule is CCCCCC1CCCN(SCC2CCCCC2)C1. The van der Waals surface area contributed by atoms with Crippen molar-refractivity contribution in [3.05, 3.63) is 0 Å². The van der Waals surface area contributed by atoms with Gasteiger partial charge in [-0.3, -0.25) is 4.31 Å². The standard InChI is InChI=1S/C17H33NS/c1-2-3-5-9-16-12-8-13-18(14-16)19-15-17-10-6-4-7-11-17/h16-17H,2-15H2,1H3. The van der Waals surface area contributed by atoms with Crippen molar-refractivity contribution in [3.8, 4) is 0 Å². The van der Waals surface area contributed by atoms with Crippen molar-refractivity contribution in [1.82, 2.24) is 4.31 Å². The van der Waals surface area contributed by atoms with Gasteiger partial charge < -0.3 is 0 Å². The largest absolute Gasteiger partial charge is 0.250 e. The average molecular weight is 284 g/mol. The molecule has 1 aliphatic heterocycles. The number of hydrogen-bond acceptors (Lipinski definition) is 2. The van der Waals surface area contributed by atoms with Crippen LogP contribution in [0.4, 0.5) is 0 Å². The molecule has 0 N–H and O–H groups in total. The van der Waals surface area contributed by atoms with E-state index >= 15 is 0 Å². The summed E-state index contributed by atoms with van der Waals surface area (Å²) < 4.78 is 2.70. The second-order valence-electron chi connectivity index (χ2n) is 6.69. The van der Waals surface area contributed by atoms with Gasteiger partial charge in [0.25, 0.3) is 0 Å². The molecule has 112 valence electrons. The first-order valence-corrected chi connectivity index (χ1v) is 9.70. The quantitative estimate of drug-likeness (QED) is 0.448. The molecule has 2 aliphatic rings. The molecule has 0 aromatic carbocycles. The lowest BCUT2D eigenvalue weighted by molar-refractivity contribution is 0.266. The first-order chi connectivity index (χ1) is 9.38. The van der Waals surface area contributed by atoms with Crippen LogP contribution in [0.2, 0.25) is 0 Å². The van der Waals surface area contributed by atoms with Gasteiger partial charge in [-0.05, 0) is 43.9 Å². The van der Waals surface area contributed by atoms with Gasteiger partial charge in [0.15, 0.2) is 0 Å². The van der Waals surface area contributed by atoms with Crippen molar-refractivity contribution in [2.24, 2.45) is 11.8 Å². The molecule has 1 saturated heterocycles. The fraction of sp³-hybridized carbons (Fsp3) is 1.00. The monoisotopic (exact) mass is 283 g/mol. The third kappa shape index (κ3) is 6.08. The Labute approximate surface area is 125 Å². The fourth-order valence-electron chi connectivity index (χ4n) is 3.63. The van der Waals surface area contributed by atoms with Crippen LogP contribution in [0.3, 0.4) is 0 Å². The maximum atomic E-state index is 2.70. The van der Waals surface area contributed by atoms with Crippen LogP contribution in [0.1, 0.15) is 77.6 Å². The Bertz CT molecular complexity index is 225. The molecule has 0 aromatic heterocycles. The number of rotatable bonds is 7. The summed E-state index contributed by atoms with van der Waals surface area (Å²) in [6.07, 6.45) is 16.1. The Hall–Kier alpha value is 0.310. The van der Waals surface area contributed by atoms with E-state index in [1.54, 1.807) is 0 Å². The molecule has 0 aromatic rings. The van der Waals surface area contributed by atoms with Crippen LogP contribution in [0, 0.1) is 11.8 Å². The lowest BCUT2D eigenvalue weighted by Crippen LogP contribution is -2.31. The Morgan fingerprint density at radius 3 is 2.53 bits per heavy atom. The predicted molar refractivity (Wildman–Crippen MR) is 87.5 cm³/mol. The molecule has 1 nitrogen and oxygen atoms in total. The first kappa shape index (κ1) is 15.7. The summed E-state index contributed by atoms with van der Waals surface area (Å²) in [5.41, 5.74) is 0. The minimum Gasteiger partial charge on any atom is -0.250 e. The van der Waals surface area contributed by atoms with Crippen molar-refractivity contribution in [1.29, 1.82) is 0 Å². The number of piperidine rings is 1. The summed E-state index contributed by atoms with van der Waals surface area (Å²) >= 11 is 2.18. The Kier molecular flexibility index (Phi) is 7.67. The van der Waals surface area contributed by atoms with E-state index in [1.807, 2.05) is 0 Å². The zero-order valence-corrected chi connectivity index (χ0v) is 13.7. The molecule has 19 heavy (non-hydrogen) atoms. The summed E-state index contributed by atoms with van der Waals surface area (Å²) in [6.45, 7) is 5.04. The Morgan fingerprint density at radius 1 is 0.947 bits per heavy atom. The van der Waals surface area contributed by atoms with Crippen LogP contribution >= 0.6 is 11.9 Å². The van der Waals surface area contributed by atoms with Crippen molar-refractivity contribution in [2.45, 2.75) is 77.6 Å². The van der Waals surface area contributed by atoms with E-state index in [-0.39, 0.29) is 0 Å². The highest BCUT2D eigenvalue weighted by atomic mass is 32.2. The van der Waals surface area contributed by atoms with E-state index in [9.17, 15) is 0 Å². The summed E-state index contributed by atoms with van der Waals surface area (Å²) in [4.78, 5) is 0. The molecular formula is C17H33NS. The summed E-state index contributed by atoms with van der Waals surface area (Å²) in [5, 5.41) is 0. The molecule has 1 saturated carbocycles. The van der Waals surface area contributed by atoms with Gasteiger partial charge in [0, 0.05) is 18.8 Å². The molecular weight excluding hydrogens is 250 g/mol. The topological polar surface area (TPSA) is 3.24 Å². The molecule has 1 heterocycles. The van der Waals surface area contributed by atoms with Crippen molar-refractivity contribution >= 4 is 11.9 Å². The van der Waals surface area contributed by atoms with Crippen LogP contribution in [0.15, 0.2) is 0 Å². The fourth-order valence-corrected chi connectivity index (χ4v) is 4.96. The molecule has 1 aliphatic carbocycles. The summed E-state index contributed by atoms with van der Waals surface area (Å²) in [7, 11) is 0. The second-order valence-corrected chi connectivity index (χ2v) is 7.80. The van der Waals surface area contributed by atoms with Crippen LogP contribution in [0.25, 0.3) is 0 Å². The number of hydrogen-bond donors (Lipinski definition) is 0. The van der Waals surface area contributed by atoms with Crippen LogP contribution < -0.4 is 0 Å². The smallest absolute Gasteiger partial charge is 0.0118 e. The molecule has 2 heteroatoms. The molecule has 0 bridgehead atoms. The van der Waals surface area contributed by atoms with E-state index in [1.165, 1.54) is 89.5 Å². The Balaban J connectivity index is 1.60. The molecule has 1 unspecified atom stereocenters. The summed E-state index contributed by atoms with van der Waals surface area (Å²) in [5.74, 6) is 3.43. The lowest BCUT2D eigenvalue weighted by Gasteiger charge is -2.33. The van der Waals surface area contributed by atoms with E-state index < -0.39 is 0 Å². The van der Waals surface area contributed by atoms with E-state index in [0.717, 1.165) is 11.8 Å². The van der Waals surface area contributed by atoms with E-state index in [4.69, 9.17) is 0 Å². The first-order valence-electron chi connectivity index (χ1n) is 8.76. The minimum atomic E-state index is 0.999. The minimum absolute atomic E-state index is 0.999. The van der Waals surface area contributed by atoms with Gasteiger partial charge in [0.1, 0.15) is 0 Å². The third-order valence-corrected chi connectivity index (χ3v) is 6.23. The molecule has 1 atom stereocenters. The molecule has 2 rings (SSSR count). The molecule has 0 radical (unpaired) electrons. The Morgan fingerprint density at radius 2 is 1.74 bits per heavy atom. The van der Waals surface area contributed by atoms with Gasteiger partial charge in [-0.2, -0.15) is 0 Å². The van der Waals surface area contributed by atoms with Gasteiger partial charge in [0.2, 0.25) is 0 Å². The van der Waals surface area contributed by atoms with Crippen LogP contribution in [-0.2, 0) is 0 Å². The van der Waals surface area contributed by atoms with Crippen LogP contribution in [-0.4, -0.2) is 23.1 Å². The number of nitrogens with zero attached hydrogens (tertiary/aromatic N) is 1. The highest BCUT2D eigenvalue weighted by molar-refractivity contribution is 7.97. The van der Waals surface area contributed by atoms with Crippen LogP contribution in [0.5, 0.6) is 0 Å². The molecule has 0 spiro atoms. The van der Waals surface area contributed by atoms with Gasteiger partial charge in [-0.15, -0.1) is 0 Å². The second kappa shape index (κ2) is 9.28. The van der Waals surface area contributed by atoms with Crippen molar-refractivity contribution in [2.75, 3.05) is 18.8 Å². The zero-order valence-electron chi connectivity index (χ0n) is 12.9. The van der Waals surface area contributed by atoms with E-state index in [2.05, 4.69) is 23.2 Å².